The van der Waals surface area contributed by atoms with Crippen molar-refractivity contribution in [1.29, 1.82) is 0 Å². The van der Waals surface area contributed by atoms with E-state index >= 15 is 0 Å². The minimum absolute atomic E-state index is 0.0170. The molecule has 1 aromatic rings. The van der Waals surface area contributed by atoms with Crippen molar-refractivity contribution in [1.82, 2.24) is 0 Å². The molecule has 0 radical (unpaired) electrons. The first-order valence-electron chi connectivity index (χ1n) is 6.27. The van der Waals surface area contributed by atoms with Gasteiger partial charge in [-0.3, -0.25) is 10.1 Å². The van der Waals surface area contributed by atoms with Crippen LogP contribution >= 0.6 is 0 Å². The van der Waals surface area contributed by atoms with Gasteiger partial charge in [0.1, 0.15) is 17.5 Å². The Kier molecular flexibility index (Phi) is 5.26. The molecule has 0 fully saturated rings. The van der Waals surface area contributed by atoms with E-state index in [-0.39, 0.29) is 11.3 Å². The molecule has 0 aliphatic rings. The van der Waals surface area contributed by atoms with Crippen molar-refractivity contribution in [2.45, 2.75) is 32.4 Å². The summed E-state index contributed by atoms with van der Waals surface area (Å²) < 4.78 is 23.4. The predicted octanol–water partition coefficient (Wildman–Crippen LogP) is 2.35. The van der Waals surface area contributed by atoms with Gasteiger partial charge in [-0.1, -0.05) is 6.07 Å². The van der Waals surface area contributed by atoms with Gasteiger partial charge in [0.25, 0.3) is 0 Å². The Hall–Kier alpha value is -2.15. The molecule has 0 aliphatic carbocycles. The molecule has 0 aliphatic heterocycles. The van der Waals surface area contributed by atoms with Gasteiger partial charge in [-0.05, 0) is 32.9 Å². The molecule has 1 rings (SSSR count). The third kappa shape index (κ3) is 5.03. The standard InChI is InChI=1S/C14H19FN2O4/c1-14(2,3)21-13(19)17-8-5-6-9(10(15)7-8)11(16)12(18)20-4/h5-7,11H,16H2,1-4H3,(H,17,19). The van der Waals surface area contributed by atoms with E-state index in [0.29, 0.717) is 0 Å². The average molecular weight is 298 g/mol. The zero-order valence-corrected chi connectivity index (χ0v) is 12.4. The SMILES string of the molecule is COC(=O)C(N)c1ccc(NC(=O)OC(C)(C)C)cc1F. The van der Waals surface area contributed by atoms with Gasteiger partial charge in [0.15, 0.2) is 0 Å². The number of benzene rings is 1. The Labute approximate surface area is 122 Å². The van der Waals surface area contributed by atoms with Gasteiger partial charge in [0.2, 0.25) is 0 Å². The number of hydrogen-bond acceptors (Lipinski definition) is 5. The highest BCUT2D eigenvalue weighted by molar-refractivity contribution is 5.85. The number of esters is 1. The van der Waals surface area contributed by atoms with E-state index in [4.69, 9.17) is 10.5 Å². The molecule has 1 aromatic carbocycles. The minimum Gasteiger partial charge on any atom is -0.468 e. The number of hydrogen-bond donors (Lipinski definition) is 2. The van der Waals surface area contributed by atoms with Crippen LogP contribution in [0.3, 0.4) is 0 Å². The number of carbonyl (C=O) groups is 2. The van der Waals surface area contributed by atoms with Crippen LogP contribution in [0, 0.1) is 5.82 Å². The van der Waals surface area contributed by atoms with E-state index in [1.54, 1.807) is 20.8 Å². The molecule has 7 heteroatoms. The number of carbonyl (C=O) groups excluding carboxylic acids is 2. The Bertz CT molecular complexity index is 540. The number of amides is 1. The molecule has 1 unspecified atom stereocenters. The fraction of sp³-hybridized carbons (Fsp3) is 0.429. The van der Waals surface area contributed by atoms with E-state index in [1.807, 2.05) is 0 Å². The van der Waals surface area contributed by atoms with Gasteiger partial charge < -0.3 is 15.2 Å². The molecule has 1 atom stereocenters. The summed E-state index contributed by atoms with van der Waals surface area (Å²) in [5, 5.41) is 2.39. The predicted molar refractivity (Wildman–Crippen MR) is 75.2 cm³/mol. The van der Waals surface area contributed by atoms with Crippen molar-refractivity contribution in [2.75, 3.05) is 12.4 Å². The molecule has 116 valence electrons. The summed E-state index contributed by atoms with van der Waals surface area (Å²) in [7, 11) is 1.17. The van der Waals surface area contributed by atoms with Gasteiger partial charge >= 0.3 is 12.1 Å². The van der Waals surface area contributed by atoms with Crippen LogP contribution in [0.4, 0.5) is 14.9 Å². The van der Waals surface area contributed by atoms with Crippen LogP contribution in [0.25, 0.3) is 0 Å². The van der Waals surface area contributed by atoms with Crippen LogP contribution in [0.5, 0.6) is 0 Å². The summed E-state index contributed by atoms with van der Waals surface area (Å²) in [4.78, 5) is 22.8. The molecular formula is C14H19FN2O4. The smallest absolute Gasteiger partial charge is 0.412 e. The number of methoxy groups -OCH3 is 1. The molecule has 6 nitrogen and oxygen atoms in total. The fourth-order valence-electron chi connectivity index (χ4n) is 1.53. The van der Waals surface area contributed by atoms with E-state index < -0.39 is 29.5 Å². The van der Waals surface area contributed by atoms with Gasteiger partial charge in [-0.25, -0.2) is 9.18 Å². The van der Waals surface area contributed by atoms with Crippen molar-refractivity contribution in [3.63, 3.8) is 0 Å². The maximum Gasteiger partial charge on any atom is 0.412 e. The number of rotatable bonds is 3. The number of nitrogens with one attached hydrogen (secondary N) is 1. The molecule has 0 heterocycles. The topological polar surface area (TPSA) is 90.6 Å². The van der Waals surface area contributed by atoms with Crippen LogP contribution in [0.2, 0.25) is 0 Å². The molecule has 1 amide bonds. The second-order valence-electron chi connectivity index (χ2n) is 5.36. The summed E-state index contributed by atoms with van der Waals surface area (Å²) >= 11 is 0. The van der Waals surface area contributed by atoms with Crippen LogP contribution in [0.1, 0.15) is 32.4 Å². The number of anilines is 1. The average Bonchev–Trinajstić information content (AvgIpc) is 2.34. The number of nitrogens with two attached hydrogens (primary N) is 1. The molecule has 0 spiro atoms. The maximum absolute atomic E-state index is 13.9. The zero-order valence-electron chi connectivity index (χ0n) is 12.4. The van der Waals surface area contributed by atoms with Crippen LogP contribution in [-0.2, 0) is 14.3 Å². The molecule has 0 saturated carbocycles. The van der Waals surface area contributed by atoms with Crippen LogP contribution in [-0.4, -0.2) is 24.8 Å². The lowest BCUT2D eigenvalue weighted by atomic mass is 10.1. The monoisotopic (exact) mass is 298 g/mol. The van der Waals surface area contributed by atoms with Crippen LogP contribution < -0.4 is 11.1 Å². The normalized spacial score (nSPS) is 12.5. The lowest BCUT2D eigenvalue weighted by Crippen LogP contribution is -2.27. The largest absolute Gasteiger partial charge is 0.468 e. The second-order valence-corrected chi connectivity index (χ2v) is 5.36. The summed E-state index contributed by atoms with van der Waals surface area (Å²) in [5.41, 5.74) is 5.08. The molecule has 0 saturated heterocycles. The zero-order chi connectivity index (χ0) is 16.2. The molecule has 0 aromatic heterocycles. The summed E-state index contributed by atoms with van der Waals surface area (Å²) in [6.07, 6.45) is -0.702. The summed E-state index contributed by atoms with van der Waals surface area (Å²) in [6.45, 7) is 5.14. The second kappa shape index (κ2) is 6.53. The van der Waals surface area contributed by atoms with Gasteiger partial charge in [-0.2, -0.15) is 0 Å². The lowest BCUT2D eigenvalue weighted by Gasteiger charge is -2.20. The van der Waals surface area contributed by atoms with Gasteiger partial charge in [0, 0.05) is 11.3 Å². The maximum atomic E-state index is 13.9. The van der Waals surface area contributed by atoms with E-state index in [1.165, 1.54) is 19.2 Å². The molecular weight excluding hydrogens is 279 g/mol. The highest BCUT2D eigenvalue weighted by Gasteiger charge is 2.21. The van der Waals surface area contributed by atoms with E-state index in [0.717, 1.165) is 6.07 Å². The first-order valence-corrected chi connectivity index (χ1v) is 6.27. The van der Waals surface area contributed by atoms with Gasteiger partial charge in [0.05, 0.1) is 7.11 Å². The van der Waals surface area contributed by atoms with Crippen molar-refractivity contribution in [2.24, 2.45) is 5.73 Å². The summed E-state index contributed by atoms with van der Waals surface area (Å²) in [5.74, 6) is -1.47. The third-order valence-electron chi connectivity index (χ3n) is 2.44. The molecule has 3 N–H and O–H groups in total. The Morgan fingerprint density at radius 1 is 1.33 bits per heavy atom. The van der Waals surface area contributed by atoms with Crippen molar-refractivity contribution in [3.05, 3.63) is 29.6 Å². The quantitative estimate of drug-likeness (QED) is 0.836. The lowest BCUT2D eigenvalue weighted by molar-refractivity contribution is -0.142. The first kappa shape index (κ1) is 16.9. The highest BCUT2D eigenvalue weighted by Crippen LogP contribution is 2.21. The Morgan fingerprint density at radius 3 is 2.43 bits per heavy atom. The molecule has 21 heavy (non-hydrogen) atoms. The molecule has 0 bridgehead atoms. The van der Waals surface area contributed by atoms with E-state index in [9.17, 15) is 14.0 Å². The highest BCUT2D eigenvalue weighted by atomic mass is 19.1. The number of halogens is 1. The summed E-state index contributed by atoms with van der Waals surface area (Å²) in [6, 6.07) is 2.57. The van der Waals surface area contributed by atoms with Crippen molar-refractivity contribution < 1.29 is 23.5 Å². The Morgan fingerprint density at radius 2 is 1.95 bits per heavy atom. The van der Waals surface area contributed by atoms with Crippen molar-refractivity contribution in [3.8, 4) is 0 Å². The van der Waals surface area contributed by atoms with Crippen LogP contribution in [0.15, 0.2) is 18.2 Å². The van der Waals surface area contributed by atoms with Gasteiger partial charge in [-0.15, -0.1) is 0 Å². The van der Waals surface area contributed by atoms with Crippen molar-refractivity contribution >= 4 is 17.7 Å². The first-order chi connectivity index (χ1) is 9.64. The number of ether oxygens (including phenoxy) is 2. The Balaban J connectivity index is 2.83. The fourth-order valence-corrected chi connectivity index (χ4v) is 1.53. The third-order valence-corrected chi connectivity index (χ3v) is 2.44. The minimum atomic E-state index is -1.22. The van der Waals surface area contributed by atoms with E-state index in [2.05, 4.69) is 10.1 Å².